The molecule has 2 N–H and O–H groups in total. The van der Waals surface area contributed by atoms with Crippen LogP contribution in [0.4, 0.5) is 5.69 Å². The second-order valence-corrected chi connectivity index (χ2v) is 4.66. The van der Waals surface area contributed by atoms with Crippen molar-refractivity contribution in [1.82, 2.24) is 0 Å². The molecule has 100 valence electrons. The number of rotatable bonds is 7. The third-order valence-electron chi connectivity index (χ3n) is 2.49. The first kappa shape index (κ1) is 14.4. The molecule has 0 saturated heterocycles. The quantitative estimate of drug-likeness (QED) is 0.444. The van der Waals surface area contributed by atoms with Gasteiger partial charge < -0.3 is 15.2 Å². The van der Waals surface area contributed by atoms with Crippen molar-refractivity contribution in [2.45, 2.75) is 26.7 Å². The lowest BCUT2D eigenvalue weighted by molar-refractivity contribution is -0.141. The van der Waals surface area contributed by atoms with Crippen molar-refractivity contribution in [1.29, 1.82) is 0 Å². The zero-order valence-corrected chi connectivity index (χ0v) is 11.0. The zero-order valence-electron chi connectivity index (χ0n) is 11.0. The van der Waals surface area contributed by atoms with Gasteiger partial charge >= 0.3 is 5.97 Å². The minimum Gasteiger partial charge on any atom is -0.508 e. The average molecular weight is 251 g/mol. The van der Waals surface area contributed by atoms with Crippen LogP contribution in [-0.2, 0) is 9.53 Å². The van der Waals surface area contributed by atoms with Crippen LogP contribution < -0.4 is 5.32 Å². The molecule has 1 aromatic carbocycles. The second kappa shape index (κ2) is 7.58. The zero-order chi connectivity index (χ0) is 13.4. The van der Waals surface area contributed by atoms with Crippen molar-refractivity contribution >= 4 is 11.7 Å². The van der Waals surface area contributed by atoms with Gasteiger partial charge in [0.15, 0.2) is 0 Å². The molecule has 0 aromatic heterocycles. The van der Waals surface area contributed by atoms with Crippen molar-refractivity contribution in [3.63, 3.8) is 0 Å². The maximum Gasteiger partial charge on any atom is 0.325 e. The molecule has 0 heterocycles. The van der Waals surface area contributed by atoms with Gasteiger partial charge in [-0.05, 0) is 43.0 Å². The van der Waals surface area contributed by atoms with Gasteiger partial charge in [0.05, 0.1) is 6.61 Å². The van der Waals surface area contributed by atoms with Gasteiger partial charge in [0.1, 0.15) is 12.3 Å². The Kier molecular flexibility index (Phi) is 6.05. The Bertz CT molecular complexity index is 360. The lowest BCUT2D eigenvalue weighted by atomic mass is 10.1. The summed E-state index contributed by atoms with van der Waals surface area (Å²) in [5.74, 6) is 0.586. The summed E-state index contributed by atoms with van der Waals surface area (Å²) < 4.78 is 5.09. The lowest BCUT2D eigenvalue weighted by Gasteiger charge is -2.08. The predicted molar refractivity (Wildman–Crippen MR) is 71.6 cm³/mol. The van der Waals surface area contributed by atoms with Gasteiger partial charge in [-0.25, -0.2) is 0 Å². The highest BCUT2D eigenvalue weighted by Crippen LogP contribution is 2.13. The third-order valence-corrected chi connectivity index (χ3v) is 2.49. The van der Waals surface area contributed by atoms with Gasteiger partial charge in [-0.1, -0.05) is 13.8 Å². The number of aromatic hydroxyl groups is 1. The molecule has 0 radical (unpaired) electrons. The van der Waals surface area contributed by atoms with Crippen molar-refractivity contribution in [3.8, 4) is 5.75 Å². The van der Waals surface area contributed by atoms with Crippen molar-refractivity contribution in [3.05, 3.63) is 24.3 Å². The van der Waals surface area contributed by atoms with Gasteiger partial charge in [-0.2, -0.15) is 0 Å². The Balaban J connectivity index is 2.15. The molecule has 0 bridgehead atoms. The molecule has 0 spiro atoms. The molecule has 4 heteroatoms. The minimum absolute atomic E-state index is 0.145. The Labute approximate surface area is 108 Å². The number of anilines is 1. The summed E-state index contributed by atoms with van der Waals surface area (Å²) in [5.41, 5.74) is 0.784. The van der Waals surface area contributed by atoms with E-state index in [1.165, 1.54) is 0 Å². The fourth-order valence-corrected chi connectivity index (χ4v) is 1.48. The van der Waals surface area contributed by atoms with E-state index in [0.717, 1.165) is 18.5 Å². The van der Waals surface area contributed by atoms with Crippen LogP contribution in [0.1, 0.15) is 26.7 Å². The standard InChI is InChI=1S/C14H21NO3/c1-11(2)4-3-9-18-14(17)10-15-12-5-7-13(16)8-6-12/h5-8,11,15-16H,3-4,9-10H2,1-2H3. The first-order valence-corrected chi connectivity index (χ1v) is 6.26. The summed E-state index contributed by atoms with van der Waals surface area (Å²) in [6.07, 6.45) is 1.97. The molecule has 0 aliphatic carbocycles. The highest BCUT2D eigenvalue weighted by Gasteiger charge is 2.03. The van der Waals surface area contributed by atoms with E-state index >= 15 is 0 Å². The van der Waals surface area contributed by atoms with E-state index in [1.807, 2.05) is 0 Å². The molecule has 1 aromatic rings. The van der Waals surface area contributed by atoms with E-state index in [0.29, 0.717) is 12.5 Å². The Hall–Kier alpha value is -1.71. The topological polar surface area (TPSA) is 58.6 Å². The molecule has 4 nitrogen and oxygen atoms in total. The van der Waals surface area contributed by atoms with Crippen LogP contribution in [0.15, 0.2) is 24.3 Å². The number of carbonyl (C=O) groups excluding carboxylic acids is 1. The van der Waals surface area contributed by atoms with Crippen molar-refractivity contribution < 1.29 is 14.6 Å². The van der Waals surface area contributed by atoms with Crippen LogP contribution in [0.5, 0.6) is 5.75 Å². The normalized spacial score (nSPS) is 10.4. The summed E-state index contributed by atoms with van der Waals surface area (Å²) in [7, 11) is 0. The summed E-state index contributed by atoms with van der Waals surface area (Å²) in [4.78, 5) is 11.4. The van der Waals surface area contributed by atoms with E-state index in [2.05, 4.69) is 19.2 Å². The van der Waals surface area contributed by atoms with Crippen LogP contribution in [0, 0.1) is 5.92 Å². The van der Waals surface area contributed by atoms with E-state index in [-0.39, 0.29) is 18.3 Å². The molecule has 1 rings (SSSR count). The first-order chi connectivity index (χ1) is 8.58. The van der Waals surface area contributed by atoms with Crippen LogP contribution in [-0.4, -0.2) is 24.2 Å². The summed E-state index contributed by atoms with van der Waals surface area (Å²) >= 11 is 0. The molecule has 0 aliphatic heterocycles. The molecule has 0 unspecified atom stereocenters. The number of esters is 1. The maximum atomic E-state index is 11.4. The Morgan fingerprint density at radius 3 is 2.61 bits per heavy atom. The molecule has 0 amide bonds. The summed E-state index contributed by atoms with van der Waals surface area (Å²) in [5, 5.41) is 12.0. The Morgan fingerprint density at radius 1 is 1.33 bits per heavy atom. The fourth-order valence-electron chi connectivity index (χ4n) is 1.48. The third kappa shape index (κ3) is 6.13. The van der Waals surface area contributed by atoms with Crippen LogP contribution in [0.3, 0.4) is 0 Å². The number of benzene rings is 1. The molecule has 0 atom stereocenters. The number of hydrogen-bond acceptors (Lipinski definition) is 4. The minimum atomic E-state index is -0.258. The smallest absolute Gasteiger partial charge is 0.325 e. The van der Waals surface area contributed by atoms with E-state index in [9.17, 15) is 4.79 Å². The number of hydrogen-bond donors (Lipinski definition) is 2. The molecular formula is C14H21NO3. The summed E-state index contributed by atoms with van der Waals surface area (Å²) in [6.45, 7) is 4.92. The lowest BCUT2D eigenvalue weighted by Crippen LogP contribution is -2.17. The molecule has 0 fully saturated rings. The molecule has 0 aliphatic rings. The van der Waals surface area contributed by atoms with Gasteiger partial charge in [0.2, 0.25) is 0 Å². The van der Waals surface area contributed by atoms with Gasteiger partial charge in [-0.3, -0.25) is 4.79 Å². The average Bonchev–Trinajstić information content (AvgIpc) is 2.34. The van der Waals surface area contributed by atoms with Gasteiger partial charge in [0, 0.05) is 5.69 Å². The number of phenols is 1. The van der Waals surface area contributed by atoms with E-state index in [1.54, 1.807) is 24.3 Å². The van der Waals surface area contributed by atoms with Crippen molar-refractivity contribution in [2.24, 2.45) is 5.92 Å². The van der Waals surface area contributed by atoms with E-state index in [4.69, 9.17) is 9.84 Å². The predicted octanol–water partition coefficient (Wildman–Crippen LogP) is 2.78. The highest BCUT2D eigenvalue weighted by atomic mass is 16.5. The molecule has 0 saturated carbocycles. The summed E-state index contributed by atoms with van der Waals surface area (Å²) in [6, 6.07) is 6.55. The van der Waals surface area contributed by atoms with Crippen molar-refractivity contribution in [2.75, 3.05) is 18.5 Å². The number of phenolic OH excluding ortho intramolecular Hbond substituents is 1. The number of nitrogens with one attached hydrogen (secondary N) is 1. The largest absolute Gasteiger partial charge is 0.508 e. The SMILES string of the molecule is CC(C)CCCOC(=O)CNc1ccc(O)cc1. The molecule has 18 heavy (non-hydrogen) atoms. The van der Waals surface area contributed by atoms with Crippen LogP contribution in [0.25, 0.3) is 0 Å². The van der Waals surface area contributed by atoms with E-state index < -0.39 is 0 Å². The highest BCUT2D eigenvalue weighted by molar-refractivity contribution is 5.74. The maximum absolute atomic E-state index is 11.4. The van der Waals surface area contributed by atoms with Crippen LogP contribution >= 0.6 is 0 Å². The fraction of sp³-hybridized carbons (Fsp3) is 0.500. The van der Waals surface area contributed by atoms with Crippen LogP contribution in [0.2, 0.25) is 0 Å². The van der Waals surface area contributed by atoms with Gasteiger partial charge in [0.25, 0.3) is 0 Å². The first-order valence-electron chi connectivity index (χ1n) is 6.26. The molecular weight excluding hydrogens is 230 g/mol. The monoisotopic (exact) mass is 251 g/mol. The second-order valence-electron chi connectivity index (χ2n) is 4.66. The number of ether oxygens (including phenoxy) is 1. The Morgan fingerprint density at radius 2 is 2.00 bits per heavy atom. The van der Waals surface area contributed by atoms with Gasteiger partial charge in [-0.15, -0.1) is 0 Å². The number of carbonyl (C=O) groups is 1.